The molecule has 1 aliphatic heterocycles. The second kappa shape index (κ2) is 7.03. The maximum absolute atomic E-state index is 14.7. The lowest BCUT2D eigenvalue weighted by molar-refractivity contribution is 0.205. The molecule has 0 amide bonds. The predicted molar refractivity (Wildman–Crippen MR) is 115 cm³/mol. The first-order valence-corrected chi connectivity index (χ1v) is 12.0. The summed E-state index contributed by atoms with van der Waals surface area (Å²) < 4.78 is 21.2. The van der Waals surface area contributed by atoms with Crippen molar-refractivity contribution in [2.45, 2.75) is 43.0 Å². The molecule has 5 rings (SSSR count). The third-order valence-electron chi connectivity index (χ3n) is 6.40. The maximum Gasteiger partial charge on any atom is 0.173 e. The second-order valence-electron chi connectivity index (χ2n) is 7.96. The van der Waals surface area contributed by atoms with Gasteiger partial charge < -0.3 is 9.30 Å². The molecule has 0 unspecified atom stereocenters. The Bertz CT molecular complexity index is 943. The monoisotopic (exact) mass is 388 g/mol. The third kappa shape index (κ3) is 2.79. The van der Waals surface area contributed by atoms with Crippen molar-refractivity contribution in [1.29, 1.82) is 0 Å². The first-order valence-electron chi connectivity index (χ1n) is 10.2. The van der Waals surface area contributed by atoms with Crippen molar-refractivity contribution < 1.29 is 9.30 Å². The fourth-order valence-electron chi connectivity index (χ4n) is 5.01. The van der Waals surface area contributed by atoms with Gasteiger partial charge in [-0.05, 0) is 18.4 Å². The number of hydrogen-bond donors (Lipinski definition) is 0. The summed E-state index contributed by atoms with van der Waals surface area (Å²) in [5, 5.41) is 1.81. The molecule has 3 atom stereocenters. The summed E-state index contributed by atoms with van der Waals surface area (Å²) in [5.41, 5.74) is 1.01. The van der Waals surface area contributed by atoms with Crippen molar-refractivity contribution in [2.75, 3.05) is 0 Å². The molecule has 1 spiro atoms. The molecule has 3 heteroatoms. The average molecular weight is 388 g/mol. The topological polar surface area (TPSA) is 29.6 Å². The van der Waals surface area contributed by atoms with E-state index in [1.54, 1.807) is 0 Å². The van der Waals surface area contributed by atoms with Crippen LogP contribution in [-0.4, -0.2) is 11.4 Å². The molecule has 142 valence electrons. The Balaban J connectivity index is 1.61. The van der Waals surface area contributed by atoms with Gasteiger partial charge in [0, 0.05) is 16.5 Å². The molecule has 0 bridgehead atoms. The summed E-state index contributed by atoms with van der Waals surface area (Å²) in [4.78, 5) is 0. The minimum absolute atomic E-state index is 0.240. The second-order valence-corrected chi connectivity index (χ2v) is 10.8. The molecular weight excluding hydrogens is 363 g/mol. The quantitative estimate of drug-likeness (QED) is 0.439. The number of rotatable bonds is 4. The Labute approximate surface area is 166 Å². The standard InChI is InChI=1S/C25H25O2P/c26-28(21-14-6-2-7-15-21,22-16-8-3-9-17-22)24-25(27-24)19-11-10-18-23(25)20-12-4-1-5-13-20/h1-9,12-17,23-24H,10-11,18-19H2/t23-,24-,25-/m0/s1. The van der Waals surface area contributed by atoms with Gasteiger partial charge in [-0.1, -0.05) is 104 Å². The van der Waals surface area contributed by atoms with E-state index >= 15 is 0 Å². The van der Waals surface area contributed by atoms with Crippen LogP contribution in [0.3, 0.4) is 0 Å². The van der Waals surface area contributed by atoms with Crippen LogP contribution in [0.15, 0.2) is 91.0 Å². The van der Waals surface area contributed by atoms with Gasteiger partial charge in [0.05, 0.1) is 0 Å². The van der Waals surface area contributed by atoms with Gasteiger partial charge in [-0.3, -0.25) is 0 Å². The molecule has 1 saturated carbocycles. The van der Waals surface area contributed by atoms with Crippen LogP contribution in [0.4, 0.5) is 0 Å². The largest absolute Gasteiger partial charge is 0.356 e. The Morgan fingerprint density at radius 3 is 1.86 bits per heavy atom. The summed E-state index contributed by atoms with van der Waals surface area (Å²) in [7, 11) is -2.90. The Morgan fingerprint density at radius 2 is 1.29 bits per heavy atom. The van der Waals surface area contributed by atoms with E-state index in [1.165, 1.54) is 12.0 Å². The van der Waals surface area contributed by atoms with Gasteiger partial charge in [0.25, 0.3) is 0 Å². The van der Waals surface area contributed by atoms with Crippen molar-refractivity contribution in [2.24, 2.45) is 0 Å². The van der Waals surface area contributed by atoms with Crippen molar-refractivity contribution in [1.82, 2.24) is 0 Å². The molecule has 2 nitrogen and oxygen atoms in total. The minimum atomic E-state index is -2.90. The highest BCUT2D eigenvalue weighted by atomic mass is 31.2. The third-order valence-corrected chi connectivity index (χ3v) is 9.74. The Kier molecular flexibility index (Phi) is 4.50. The van der Waals surface area contributed by atoms with Crippen LogP contribution >= 0.6 is 7.14 Å². The molecule has 0 N–H and O–H groups in total. The van der Waals surface area contributed by atoms with Crippen LogP contribution < -0.4 is 10.6 Å². The first-order chi connectivity index (χ1) is 13.7. The van der Waals surface area contributed by atoms with Crippen LogP contribution in [0, 0.1) is 0 Å². The molecule has 1 saturated heterocycles. The molecule has 1 heterocycles. The minimum Gasteiger partial charge on any atom is -0.356 e. The van der Waals surface area contributed by atoms with Gasteiger partial charge in [-0.15, -0.1) is 0 Å². The number of ether oxygens (including phenoxy) is 1. The highest BCUT2D eigenvalue weighted by molar-refractivity contribution is 7.79. The van der Waals surface area contributed by atoms with Crippen LogP contribution in [0.1, 0.15) is 37.2 Å². The van der Waals surface area contributed by atoms with Gasteiger partial charge in [0.15, 0.2) is 7.14 Å². The maximum atomic E-state index is 14.7. The zero-order valence-corrected chi connectivity index (χ0v) is 16.8. The summed E-state index contributed by atoms with van der Waals surface area (Å²) in [6, 6.07) is 30.6. The van der Waals surface area contributed by atoms with Gasteiger partial charge in [-0.25, -0.2) is 0 Å². The van der Waals surface area contributed by atoms with Crippen LogP contribution in [-0.2, 0) is 9.30 Å². The molecule has 3 aromatic rings. The molecule has 3 aromatic carbocycles. The Hall–Kier alpha value is -2.15. The lowest BCUT2D eigenvalue weighted by Gasteiger charge is -2.31. The first kappa shape index (κ1) is 17.9. The van der Waals surface area contributed by atoms with Crippen molar-refractivity contribution >= 4 is 17.8 Å². The summed E-state index contributed by atoms with van der Waals surface area (Å²) >= 11 is 0. The van der Waals surface area contributed by atoms with E-state index in [1.807, 2.05) is 60.7 Å². The van der Waals surface area contributed by atoms with E-state index in [9.17, 15) is 4.57 Å². The van der Waals surface area contributed by atoms with Crippen molar-refractivity contribution in [3.63, 3.8) is 0 Å². The lowest BCUT2D eigenvalue weighted by atomic mass is 9.75. The number of benzene rings is 3. The van der Waals surface area contributed by atoms with Crippen molar-refractivity contribution in [3.05, 3.63) is 96.6 Å². The molecule has 2 aliphatic rings. The highest BCUT2D eigenvalue weighted by Gasteiger charge is 2.69. The number of hydrogen-bond acceptors (Lipinski definition) is 2. The highest BCUT2D eigenvalue weighted by Crippen LogP contribution is 2.69. The Morgan fingerprint density at radius 1 is 0.750 bits per heavy atom. The van der Waals surface area contributed by atoms with Gasteiger partial charge in [-0.2, -0.15) is 0 Å². The van der Waals surface area contributed by atoms with E-state index in [2.05, 4.69) is 30.3 Å². The summed E-state index contributed by atoms with van der Waals surface area (Å²) in [5.74, 6) is 0.0727. The summed E-state index contributed by atoms with van der Waals surface area (Å²) in [6.45, 7) is 0. The van der Waals surface area contributed by atoms with Crippen molar-refractivity contribution in [3.8, 4) is 0 Å². The van der Waals surface area contributed by atoms with Crippen LogP contribution in [0.25, 0.3) is 0 Å². The SMILES string of the molecule is O=P(c1ccccc1)(c1ccccc1)[C@@H]1O[C@]12CCCC[C@H]2c1ccccc1. The molecule has 28 heavy (non-hydrogen) atoms. The molecule has 1 aliphatic carbocycles. The van der Waals surface area contributed by atoms with E-state index in [0.717, 1.165) is 29.9 Å². The summed E-state index contributed by atoms with van der Waals surface area (Å²) in [6.07, 6.45) is 4.44. The zero-order chi connectivity index (χ0) is 19.0. The van der Waals surface area contributed by atoms with Gasteiger partial charge in [0.1, 0.15) is 11.4 Å². The van der Waals surface area contributed by atoms with Crippen LogP contribution in [0.5, 0.6) is 0 Å². The lowest BCUT2D eigenvalue weighted by Crippen LogP contribution is -2.32. The van der Waals surface area contributed by atoms with E-state index in [0.29, 0.717) is 5.92 Å². The van der Waals surface area contributed by atoms with E-state index < -0.39 is 7.14 Å². The predicted octanol–water partition coefficient (Wildman–Crippen LogP) is 5.45. The molecule has 0 aromatic heterocycles. The van der Waals surface area contributed by atoms with E-state index in [4.69, 9.17) is 4.74 Å². The van der Waals surface area contributed by atoms with Gasteiger partial charge >= 0.3 is 0 Å². The molecule has 2 fully saturated rings. The fourth-order valence-corrected chi connectivity index (χ4v) is 8.35. The molecule has 0 radical (unpaired) electrons. The smallest absolute Gasteiger partial charge is 0.173 e. The fraction of sp³-hybridized carbons (Fsp3) is 0.280. The normalized spacial score (nSPS) is 26.9. The number of epoxide rings is 1. The average Bonchev–Trinajstić information content (AvgIpc) is 3.49. The van der Waals surface area contributed by atoms with Gasteiger partial charge in [0.2, 0.25) is 0 Å². The van der Waals surface area contributed by atoms with E-state index in [-0.39, 0.29) is 11.4 Å². The zero-order valence-electron chi connectivity index (χ0n) is 15.9. The molecular formula is C25H25O2P. The van der Waals surface area contributed by atoms with Crippen LogP contribution in [0.2, 0.25) is 0 Å².